The summed E-state index contributed by atoms with van der Waals surface area (Å²) in [6, 6.07) is 8.34. The Kier molecular flexibility index (Phi) is 5.62. The molecular weight excluding hydrogens is 412 g/mol. The maximum absolute atomic E-state index is 13.3. The Morgan fingerprint density at radius 3 is 2.50 bits per heavy atom. The summed E-state index contributed by atoms with van der Waals surface area (Å²) in [6.45, 7) is 3.93. The monoisotopic (exact) mass is 436 g/mol. The van der Waals surface area contributed by atoms with E-state index in [1.807, 2.05) is 11.8 Å². The molecule has 2 heterocycles. The quantitative estimate of drug-likeness (QED) is 0.658. The number of morpholine rings is 1. The van der Waals surface area contributed by atoms with E-state index in [9.17, 15) is 4.79 Å². The topological polar surface area (TPSA) is 32.8 Å². The van der Waals surface area contributed by atoms with Crippen molar-refractivity contribution in [3.05, 3.63) is 45.4 Å². The summed E-state index contributed by atoms with van der Waals surface area (Å²) in [5.41, 5.74) is 1.19. The lowest BCUT2D eigenvalue weighted by molar-refractivity contribution is -0.130. The molecule has 4 rings (SSSR count). The summed E-state index contributed by atoms with van der Waals surface area (Å²) >= 11 is 5.31. The Bertz CT molecular complexity index is 680. The molecule has 1 aliphatic carbocycles. The number of halogens is 1. The fourth-order valence-corrected chi connectivity index (χ4v) is 5.86. The number of nitrogens with zero attached hydrogens (tertiary/aromatic N) is 2. The van der Waals surface area contributed by atoms with Crippen molar-refractivity contribution in [2.75, 3.05) is 26.3 Å². The van der Waals surface area contributed by atoms with Crippen LogP contribution in [-0.2, 0) is 16.1 Å². The van der Waals surface area contributed by atoms with Gasteiger partial charge in [0.05, 0.1) is 23.0 Å². The van der Waals surface area contributed by atoms with Crippen molar-refractivity contribution < 1.29 is 9.53 Å². The second kappa shape index (κ2) is 7.95. The predicted octanol–water partition coefficient (Wildman–Crippen LogP) is 4.36. The number of ether oxygens (including phenoxy) is 1. The van der Waals surface area contributed by atoms with Crippen LogP contribution in [0.4, 0.5) is 0 Å². The molecule has 1 saturated carbocycles. The second-order valence-electron chi connectivity index (χ2n) is 7.27. The summed E-state index contributed by atoms with van der Waals surface area (Å²) in [7, 11) is 0. The Morgan fingerprint density at radius 1 is 1.12 bits per heavy atom. The van der Waals surface area contributed by atoms with Gasteiger partial charge in [0, 0.05) is 30.3 Å². The van der Waals surface area contributed by atoms with Crippen LogP contribution in [0.2, 0.25) is 0 Å². The summed E-state index contributed by atoms with van der Waals surface area (Å²) in [6.07, 6.45) is 7.99. The minimum absolute atomic E-state index is 0.0550. The molecule has 26 heavy (non-hydrogen) atoms. The molecular formula is C20H25BrN2O2S. The first-order valence-corrected chi connectivity index (χ1v) is 11.1. The first-order chi connectivity index (χ1) is 12.7. The van der Waals surface area contributed by atoms with Gasteiger partial charge in [0.15, 0.2) is 0 Å². The highest BCUT2D eigenvalue weighted by Crippen LogP contribution is 2.52. The normalized spacial score (nSPS) is 24.7. The van der Waals surface area contributed by atoms with Gasteiger partial charge < -0.3 is 14.5 Å². The molecule has 1 spiro atoms. The van der Waals surface area contributed by atoms with Crippen molar-refractivity contribution in [1.82, 2.24) is 9.80 Å². The molecule has 0 unspecified atom stereocenters. The number of carbonyl (C=O) groups is 1. The Morgan fingerprint density at radius 2 is 1.81 bits per heavy atom. The molecule has 0 bridgehead atoms. The minimum Gasteiger partial charge on any atom is -0.378 e. The van der Waals surface area contributed by atoms with Crippen molar-refractivity contribution in [2.24, 2.45) is 0 Å². The van der Waals surface area contributed by atoms with E-state index in [2.05, 4.69) is 56.2 Å². The van der Waals surface area contributed by atoms with Crippen LogP contribution in [0.3, 0.4) is 0 Å². The van der Waals surface area contributed by atoms with E-state index in [-0.39, 0.29) is 10.8 Å². The average molecular weight is 437 g/mol. The minimum atomic E-state index is -0.0550. The number of amides is 1. The molecule has 4 nitrogen and oxygen atoms in total. The van der Waals surface area contributed by atoms with Crippen molar-refractivity contribution in [2.45, 2.75) is 43.5 Å². The van der Waals surface area contributed by atoms with Gasteiger partial charge in [-0.1, -0.05) is 59.1 Å². The van der Waals surface area contributed by atoms with Crippen LogP contribution < -0.4 is 0 Å². The molecule has 1 aromatic rings. The largest absolute Gasteiger partial charge is 0.378 e. The number of benzene rings is 1. The van der Waals surface area contributed by atoms with Gasteiger partial charge >= 0.3 is 0 Å². The van der Waals surface area contributed by atoms with E-state index in [0.717, 1.165) is 48.5 Å². The second-order valence-corrected chi connectivity index (χ2v) is 9.59. The molecule has 3 fully saturated rings. The van der Waals surface area contributed by atoms with Crippen LogP contribution in [0.1, 0.15) is 37.7 Å². The molecule has 1 amide bonds. The zero-order valence-corrected chi connectivity index (χ0v) is 17.4. The van der Waals surface area contributed by atoms with Gasteiger partial charge in [-0.3, -0.25) is 4.79 Å². The van der Waals surface area contributed by atoms with Crippen LogP contribution in [0, 0.1) is 0 Å². The number of thioether (sulfide) groups is 1. The summed E-state index contributed by atoms with van der Waals surface area (Å²) < 4.78 is 6.51. The van der Waals surface area contributed by atoms with Crippen LogP contribution in [0.5, 0.6) is 0 Å². The van der Waals surface area contributed by atoms with E-state index in [1.165, 1.54) is 24.8 Å². The maximum Gasteiger partial charge on any atom is 0.263 e. The number of hydrogen-bond donors (Lipinski definition) is 0. The van der Waals surface area contributed by atoms with Crippen molar-refractivity contribution in [3.8, 4) is 0 Å². The molecule has 1 aromatic carbocycles. The van der Waals surface area contributed by atoms with E-state index in [1.54, 1.807) is 0 Å². The van der Waals surface area contributed by atoms with E-state index < -0.39 is 0 Å². The zero-order chi connectivity index (χ0) is 18.0. The third kappa shape index (κ3) is 3.82. The Balaban J connectivity index is 1.59. The van der Waals surface area contributed by atoms with E-state index in [4.69, 9.17) is 4.74 Å². The SMILES string of the molecule is O=C1/C(=C/N2CCOCC2)SC2(CCCCC2)N1Cc1ccc(Br)cc1. The van der Waals surface area contributed by atoms with Gasteiger partial charge in [0.25, 0.3) is 5.91 Å². The molecule has 0 aromatic heterocycles. The smallest absolute Gasteiger partial charge is 0.263 e. The van der Waals surface area contributed by atoms with Crippen LogP contribution in [0.25, 0.3) is 0 Å². The molecule has 6 heteroatoms. The summed E-state index contributed by atoms with van der Waals surface area (Å²) in [4.78, 5) is 18.5. The van der Waals surface area contributed by atoms with Gasteiger partial charge in [-0.2, -0.15) is 0 Å². The average Bonchev–Trinajstić information content (AvgIpc) is 2.90. The standard InChI is InChI=1S/C20H25BrN2O2S/c21-17-6-4-16(5-7-17)14-23-19(24)18(15-22-10-12-25-13-11-22)26-20(23)8-2-1-3-9-20/h4-7,15H,1-3,8-14H2/b18-15-. The Hall–Kier alpha value is -0.980. The molecule has 0 atom stereocenters. The first-order valence-electron chi connectivity index (χ1n) is 9.45. The fourth-order valence-electron chi connectivity index (χ4n) is 4.04. The summed E-state index contributed by atoms with van der Waals surface area (Å²) in [5, 5.41) is 0. The highest BCUT2D eigenvalue weighted by atomic mass is 79.9. The lowest BCUT2D eigenvalue weighted by atomic mass is 9.93. The highest BCUT2D eigenvalue weighted by Gasteiger charge is 2.49. The highest BCUT2D eigenvalue weighted by molar-refractivity contribution is 9.10. The van der Waals surface area contributed by atoms with Crippen LogP contribution in [-0.4, -0.2) is 46.9 Å². The summed E-state index contributed by atoms with van der Waals surface area (Å²) in [5.74, 6) is 0.200. The predicted molar refractivity (Wildman–Crippen MR) is 109 cm³/mol. The number of hydrogen-bond acceptors (Lipinski definition) is 4. The number of carbonyl (C=O) groups excluding carboxylic acids is 1. The fraction of sp³-hybridized carbons (Fsp3) is 0.550. The van der Waals surface area contributed by atoms with Gasteiger partial charge in [0.1, 0.15) is 0 Å². The molecule has 0 radical (unpaired) electrons. The Labute approximate surface area is 168 Å². The van der Waals surface area contributed by atoms with E-state index >= 15 is 0 Å². The van der Waals surface area contributed by atoms with Crippen molar-refractivity contribution >= 4 is 33.6 Å². The van der Waals surface area contributed by atoms with Gasteiger partial charge in [0.2, 0.25) is 0 Å². The van der Waals surface area contributed by atoms with Gasteiger partial charge in [-0.15, -0.1) is 0 Å². The molecule has 2 aliphatic heterocycles. The van der Waals surface area contributed by atoms with E-state index in [0.29, 0.717) is 6.54 Å². The van der Waals surface area contributed by atoms with Gasteiger partial charge in [-0.25, -0.2) is 0 Å². The third-order valence-corrected chi connectivity index (χ3v) is 7.52. The third-order valence-electron chi connectivity index (χ3n) is 5.48. The number of rotatable bonds is 3. The lowest BCUT2D eigenvalue weighted by Crippen LogP contribution is -2.45. The van der Waals surface area contributed by atoms with Gasteiger partial charge in [-0.05, 0) is 30.5 Å². The zero-order valence-electron chi connectivity index (χ0n) is 15.0. The molecule has 2 saturated heterocycles. The molecule has 0 N–H and O–H groups in total. The van der Waals surface area contributed by atoms with Crippen molar-refractivity contribution in [3.63, 3.8) is 0 Å². The molecule has 140 valence electrons. The van der Waals surface area contributed by atoms with Crippen molar-refractivity contribution in [1.29, 1.82) is 0 Å². The van der Waals surface area contributed by atoms with Crippen LogP contribution in [0.15, 0.2) is 39.8 Å². The molecule has 3 aliphatic rings. The van der Waals surface area contributed by atoms with Crippen LogP contribution >= 0.6 is 27.7 Å². The lowest BCUT2D eigenvalue weighted by Gasteiger charge is -2.40. The first kappa shape index (κ1) is 18.4. The maximum atomic E-state index is 13.3.